The summed E-state index contributed by atoms with van der Waals surface area (Å²) in [7, 11) is 0. The van der Waals surface area contributed by atoms with Gasteiger partial charge in [-0.05, 0) is 6.92 Å². The zero-order valence-corrected chi connectivity index (χ0v) is 28.4. The lowest BCUT2D eigenvalue weighted by molar-refractivity contribution is -0.377. The Bertz CT molecular complexity index is 1230. The van der Waals surface area contributed by atoms with Crippen molar-refractivity contribution in [1.82, 2.24) is 20.4 Å². The summed E-state index contributed by atoms with van der Waals surface area (Å²) in [6, 6.07) is -0.0892. The van der Waals surface area contributed by atoms with Crippen LogP contribution in [-0.2, 0) is 42.9 Å². The molecule has 5 fully saturated rings. The number of aliphatic hydroxyl groups is 11. The van der Waals surface area contributed by atoms with Gasteiger partial charge in [0.2, 0.25) is 23.6 Å². The van der Waals surface area contributed by atoms with Crippen LogP contribution in [0.2, 0.25) is 0 Å². The SMILES string of the molecule is CC(CN1CC(=O)NC(=O)C1)N1CC(=O)NC(=O)C1.OC[C@H]1O[C@@H](O[C@H]2[C@H](O)[C@@H](O)[C@H](O[C@H]3[C@H](O)[C@@H](O)C(O)O[C@@H]3CO)O[C@@H]2CO)[C@H](O)[C@@H](O)[C@@H]1O. The highest BCUT2D eigenvalue weighted by atomic mass is 16.8. The van der Waals surface area contributed by atoms with E-state index in [1.807, 2.05) is 6.92 Å². The number of nitrogens with one attached hydrogen (secondary N) is 2. The Kier molecular flexibility index (Phi) is 15.5. The number of rotatable bonds is 10. The van der Waals surface area contributed by atoms with Gasteiger partial charge in [-0.2, -0.15) is 0 Å². The lowest BCUT2D eigenvalue weighted by Gasteiger charge is -2.47. The maximum atomic E-state index is 11.3. The summed E-state index contributed by atoms with van der Waals surface area (Å²) in [5.74, 6) is -1.29. The van der Waals surface area contributed by atoms with Gasteiger partial charge in [0, 0.05) is 12.6 Å². The summed E-state index contributed by atoms with van der Waals surface area (Å²) in [6.45, 7) is 0.622. The highest BCUT2D eigenvalue weighted by Gasteiger charge is 2.53. The molecular formula is C29H48N4O20. The van der Waals surface area contributed by atoms with E-state index in [2.05, 4.69) is 10.6 Å². The number of imide groups is 2. The van der Waals surface area contributed by atoms with E-state index in [-0.39, 0.29) is 55.8 Å². The molecule has 16 atom stereocenters. The highest BCUT2D eigenvalue weighted by Crippen LogP contribution is 2.32. The van der Waals surface area contributed by atoms with Crippen molar-refractivity contribution in [2.45, 2.75) is 105 Å². The third-order valence-corrected chi connectivity index (χ3v) is 9.22. The van der Waals surface area contributed by atoms with E-state index in [4.69, 9.17) is 23.7 Å². The highest BCUT2D eigenvalue weighted by molar-refractivity contribution is 6.00. The van der Waals surface area contributed by atoms with E-state index >= 15 is 0 Å². The van der Waals surface area contributed by atoms with Crippen molar-refractivity contribution < 1.29 is 99.0 Å². The number of piperazine rings is 2. The minimum absolute atomic E-state index is 0.0892. The maximum Gasteiger partial charge on any atom is 0.240 e. The van der Waals surface area contributed by atoms with Crippen molar-refractivity contribution in [2.24, 2.45) is 0 Å². The number of ether oxygens (including phenoxy) is 5. The lowest BCUT2D eigenvalue weighted by atomic mass is 9.96. The molecule has 5 aliphatic heterocycles. The first-order valence-electron chi connectivity index (χ1n) is 16.7. The zero-order chi connectivity index (χ0) is 39.3. The van der Waals surface area contributed by atoms with E-state index in [9.17, 15) is 75.3 Å². The molecule has 304 valence electrons. The van der Waals surface area contributed by atoms with Crippen molar-refractivity contribution in [1.29, 1.82) is 0 Å². The topological polar surface area (TPSA) is 368 Å². The van der Waals surface area contributed by atoms with Gasteiger partial charge in [0.15, 0.2) is 18.9 Å². The fraction of sp³-hybridized carbons (Fsp3) is 0.862. The molecule has 24 heteroatoms. The predicted molar refractivity (Wildman–Crippen MR) is 165 cm³/mol. The van der Waals surface area contributed by atoms with Crippen LogP contribution in [0.25, 0.3) is 0 Å². The van der Waals surface area contributed by atoms with Crippen molar-refractivity contribution in [3.05, 3.63) is 0 Å². The third-order valence-electron chi connectivity index (χ3n) is 9.22. The molecule has 5 saturated heterocycles. The summed E-state index contributed by atoms with van der Waals surface area (Å²) in [5.41, 5.74) is 0. The molecule has 0 saturated carbocycles. The molecule has 0 bridgehead atoms. The van der Waals surface area contributed by atoms with Gasteiger partial charge in [-0.15, -0.1) is 0 Å². The second-order valence-electron chi connectivity index (χ2n) is 13.2. The first-order chi connectivity index (χ1) is 25.0. The van der Waals surface area contributed by atoms with Crippen LogP contribution in [0.4, 0.5) is 0 Å². The van der Waals surface area contributed by atoms with E-state index in [0.717, 1.165) is 0 Å². The van der Waals surface area contributed by atoms with Crippen LogP contribution in [0.15, 0.2) is 0 Å². The molecule has 2 unspecified atom stereocenters. The first-order valence-corrected chi connectivity index (χ1v) is 16.7. The Morgan fingerprint density at radius 3 is 1.49 bits per heavy atom. The Balaban J connectivity index is 0.000000278. The molecule has 5 rings (SSSR count). The number of hydrogen-bond acceptors (Lipinski definition) is 22. The van der Waals surface area contributed by atoms with Gasteiger partial charge in [-0.1, -0.05) is 0 Å². The van der Waals surface area contributed by atoms with Crippen LogP contribution in [0, 0.1) is 0 Å². The number of carbonyl (C=O) groups excluding carboxylic acids is 4. The average molecular weight is 773 g/mol. The smallest absolute Gasteiger partial charge is 0.240 e. The third kappa shape index (κ3) is 10.5. The van der Waals surface area contributed by atoms with E-state index in [1.54, 1.807) is 9.80 Å². The molecule has 0 aliphatic carbocycles. The maximum absolute atomic E-state index is 11.3. The van der Waals surface area contributed by atoms with Crippen molar-refractivity contribution in [3.8, 4) is 0 Å². The number of amides is 4. The largest absolute Gasteiger partial charge is 0.394 e. The van der Waals surface area contributed by atoms with Gasteiger partial charge < -0.3 is 79.9 Å². The average Bonchev–Trinajstić information content (AvgIpc) is 3.10. The molecule has 0 aromatic heterocycles. The van der Waals surface area contributed by atoms with Gasteiger partial charge >= 0.3 is 0 Å². The van der Waals surface area contributed by atoms with E-state index in [0.29, 0.717) is 6.54 Å². The van der Waals surface area contributed by atoms with Gasteiger partial charge in [-0.25, -0.2) is 0 Å². The summed E-state index contributed by atoms with van der Waals surface area (Å²) in [6.07, 6.45) is -25.1. The Hall–Kier alpha value is -2.44. The normalized spacial score (nSPS) is 42.3. The molecular weight excluding hydrogens is 724 g/mol. The number of carbonyl (C=O) groups is 4. The molecule has 24 nitrogen and oxygen atoms in total. The molecule has 5 heterocycles. The summed E-state index contributed by atoms with van der Waals surface area (Å²) in [4.78, 5) is 48.5. The molecule has 0 aromatic carbocycles. The molecule has 4 amide bonds. The van der Waals surface area contributed by atoms with Crippen molar-refractivity contribution in [3.63, 3.8) is 0 Å². The van der Waals surface area contributed by atoms with E-state index < -0.39 is 112 Å². The first kappa shape index (κ1) is 43.3. The number of aliphatic hydroxyl groups excluding tert-OH is 11. The number of nitrogens with zero attached hydrogens (tertiary/aromatic N) is 2. The fourth-order valence-electron chi connectivity index (χ4n) is 6.34. The van der Waals surface area contributed by atoms with Crippen LogP contribution in [0.5, 0.6) is 0 Å². The summed E-state index contributed by atoms with van der Waals surface area (Å²) >= 11 is 0. The fourth-order valence-corrected chi connectivity index (χ4v) is 6.34. The minimum atomic E-state index is -1.91. The second-order valence-corrected chi connectivity index (χ2v) is 13.2. The van der Waals surface area contributed by atoms with Crippen LogP contribution in [0.1, 0.15) is 6.92 Å². The summed E-state index contributed by atoms with van der Waals surface area (Å²) in [5, 5.41) is 114. The lowest BCUT2D eigenvalue weighted by Crippen LogP contribution is -2.66. The van der Waals surface area contributed by atoms with Gasteiger partial charge in [0.25, 0.3) is 0 Å². The minimum Gasteiger partial charge on any atom is -0.394 e. The van der Waals surface area contributed by atoms with Crippen molar-refractivity contribution in [2.75, 3.05) is 52.5 Å². The van der Waals surface area contributed by atoms with Gasteiger partial charge in [0.1, 0.15) is 73.2 Å². The molecule has 5 aliphatic rings. The molecule has 0 radical (unpaired) electrons. The van der Waals surface area contributed by atoms with Crippen molar-refractivity contribution >= 4 is 23.6 Å². The second kappa shape index (κ2) is 18.9. The van der Waals surface area contributed by atoms with Crippen LogP contribution in [-0.4, -0.2) is 240 Å². The molecule has 0 aromatic rings. The monoisotopic (exact) mass is 772 g/mol. The standard InChI is InChI=1S/C18H32O16.C11H16N4O4/c19-1-4-7(22)8(23)12(27)17(31-4)34-15-6(3-21)32-18(13(28)10(15)25)33-14-5(2-20)30-16(29)11(26)9(14)24;1-7(15-5-10(18)13-11(19)6-15)2-14-3-8(16)12-9(17)4-14/h4-29H,1-3H2;7H,2-6H2,1H3,(H,12,16,17)(H,13,18,19)/t4-,5-,6-,7-,8+,9-,10-,11-,12-,13-,14-,15-,16?,17+,18+;/m1./s1. The van der Waals surface area contributed by atoms with E-state index in [1.165, 1.54) is 0 Å². The van der Waals surface area contributed by atoms with Crippen LogP contribution in [0.3, 0.4) is 0 Å². The Labute approximate surface area is 301 Å². The van der Waals surface area contributed by atoms with Gasteiger partial charge in [0.05, 0.1) is 46.0 Å². The zero-order valence-electron chi connectivity index (χ0n) is 28.4. The Morgan fingerprint density at radius 2 is 1.00 bits per heavy atom. The molecule has 13 N–H and O–H groups in total. The van der Waals surface area contributed by atoms with Crippen LogP contribution >= 0.6 is 0 Å². The van der Waals surface area contributed by atoms with Crippen LogP contribution < -0.4 is 10.6 Å². The molecule has 0 spiro atoms. The Morgan fingerprint density at radius 1 is 0.585 bits per heavy atom. The molecule has 53 heavy (non-hydrogen) atoms. The number of hydrogen-bond donors (Lipinski definition) is 13. The quantitative estimate of drug-likeness (QED) is 0.0917. The predicted octanol–water partition coefficient (Wildman–Crippen LogP) is -10.3. The summed E-state index contributed by atoms with van der Waals surface area (Å²) < 4.78 is 26.4. The van der Waals surface area contributed by atoms with Gasteiger partial charge in [-0.3, -0.25) is 39.6 Å².